The fourth-order valence-electron chi connectivity index (χ4n) is 2.43. The summed E-state index contributed by atoms with van der Waals surface area (Å²) in [5, 5.41) is 0. The molecule has 0 aromatic heterocycles. The summed E-state index contributed by atoms with van der Waals surface area (Å²) in [5.74, 6) is -0.988. The zero-order valence-corrected chi connectivity index (χ0v) is 13.4. The largest absolute Gasteiger partial charge is 0.278 e. The molecular weight excluding hydrogens is 343 g/mol. The fraction of sp³-hybridized carbons (Fsp3) is 0.133. The first-order valence-corrected chi connectivity index (χ1v) is 8.76. The number of amides is 1. The summed E-state index contributed by atoms with van der Waals surface area (Å²) in [7, 11) is -4.01. The van der Waals surface area contributed by atoms with Crippen molar-refractivity contribution in [1.82, 2.24) is 0 Å². The van der Waals surface area contributed by atoms with Gasteiger partial charge in [0.25, 0.3) is 10.0 Å². The summed E-state index contributed by atoms with van der Waals surface area (Å²) in [4.78, 5) is 13.5. The molecule has 120 valence electrons. The molecule has 1 amide bonds. The third-order valence-electron chi connectivity index (χ3n) is 3.40. The number of hydrogen-bond acceptors (Lipinski definition) is 3. The molecule has 1 heterocycles. The van der Waals surface area contributed by atoms with Crippen LogP contribution < -0.4 is 9.62 Å². The normalized spacial score (nSPS) is 15.1. The number of carbonyl (C=O) groups excluding carboxylic acids is 1. The second kappa shape index (κ2) is 5.82. The summed E-state index contributed by atoms with van der Waals surface area (Å²) < 4.78 is 40.9. The molecule has 2 aromatic rings. The predicted molar refractivity (Wildman–Crippen MR) is 86.1 cm³/mol. The van der Waals surface area contributed by atoms with Gasteiger partial charge in [-0.05, 0) is 30.3 Å². The molecule has 1 aliphatic rings. The Morgan fingerprint density at radius 1 is 1.17 bits per heavy atom. The lowest BCUT2D eigenvalue weighted by atomic mass is 10.2. The van der Waals surface area contributed by atoms with Gasteiger partial charge in [0.15, 0.2) is 0 Å². The third-order valence-corrected chi connectivity index (χ3v) is 4.98. The van der Waals surface area contributed by atoms with E-state index in [1.807, 2.05) is 0 Å². The van der Waals surface area contributed by atoms with Gasteiger partial charge in [0.1, 0.15) is 10.7 Å². The molecule has 0 aliphatic carbocycles. The Labute approximate surface area is 137 Å². The summed E-state index contributed by atoms with van der Waals surface area (Å²) in [5.41, 5.74) is 0.711. The Morgan fingerprint density at radius 3 is 2.65 bits per heavy atom. The van der Waals surface area contributed by atoms with Gasteiger partial charge in [0.2, 0.25) is 5.91 Å². The summed E-state index contributed by atoms with van der Waals surface area (Å²) in [6.07, 6.45) is 0.0206. The van der Waals surface area contributed by atoms with Crippen LogP contribution in [0.2, 0.25) is 0 Å². The van der Waals surface area contributed by atoms with Crippen LogP contribution in [0.15, 0.2) is 47.4 Å². The van der Waals surface area contributed by atoms with Crippen molar-refractivity contribution >= 4 is 44.6 Å². The standard InChI is InChI=1S/C15H12ClFN2O3S/c16-8-7-15(20)19-12-4-2-1-3-11(12)18-23(21,22)14-9-10(17)5-6-13(14)19/h1-6,9,18H,7-8H2. The van der Waals surface area contributed by atoms with E-state index < -0.39 is 15.8 Å². The fourth-order valence-corrected chi connectivity index (χ4v) is 3.87. The number of carbonyl (C=O) groups is 1. The second-order valence-electron chi connectivity index (χ2n) is 4.90. The quantitative estimate of drug-likeness (QED) is 0.842. The van der Waals surface area contributed by atoms with E-state index in [1.54, 1.807) is 18.2 Å². The van der Waals surface area contributed by atoms with Crippen molar-refractivity contribution in [3.63, 3.8) is 0 Å². The second-order valence-corrected chi connectivity index (χ2v) is 6.93. The molecule has 2 aromatic carbocycles. The molecular formula is C15H12ClFN2O3S. The third kappa shape index (κ3) is 2.77. The number of hydrogen-bond donors (Lipinski definition) is 1. The zero-order valence-electron chi connectivity index (χ0n) is 11.8. The van der Waals surface area contributed by atoms with Crippen molar-refractivity contribution in [3.05, 3.63) is 48.3 Å². The van der Waals surface area contributed by atoms with Crippen LogP contribution in [0.5, 0.6) is 0 Å². The van der Waals surface area contributed by atoms with Gasteiger partial charge >= 0.3 is 0 Å². The first-order valence-electron chi connectivity index (χ1n) is 6.74. The Hall–Kier alpha value is -2.12. The van der Waals surface area contributed by atoms with E-state index >= 15 is 0 Å². The average Bonchev–Trinajstić information content (AvgIpc) is 2.59. The highest BCUT2D eigenvalue weighted by Crippen LogP contribution is 2.41. The average molecular weight is 355 g/mol. The van der Waals surface area contributed by atoms with Crippen LogP contribution in [-0.4, -0.2) is 20.2 Å². The molecule has 1 N–H and O–H groups in total. The number of nitrogens with zero attached hydrogens (tertiary/aromatic N) is 1. The molecule has 0 fully saturated rings. The number of halogens is 2. The highest BCUT2D eigenvalue weighted by molar-refractivity contribution is 7.93. The molecule has 0 unspecified atom stereocenters. The number of para-hydroxylation sites is 2. The number of benzene rings is 2. The number of anilines is 3. The van der Waals surface area contributed by atoms with Crippen molar-refractivity contribution in [1.29, 1.82) is 0 Å². The Morgan fingerprint density at radius 2 is 1.91 bits per heavy atom. The van der Waals surface area contributed by atoms with E-state index in [-0.39, 0.29) is 34.5 Å². The molecule has 0 radical (unpaired) electrons. The minimum absolute atomic E-state index is 0.0206. The van der Waals surface area contributed by atoms with Gasteiger partial charge in [-0.2, -0.15) is 0 Å². The van der Waals surface area contributed by atoms with Crippen molar-refractivity contribution in [2.45, 2.75) is 11.3 Å². The molecule has 1 aliphatic heterocycles. The lowest BCUT2D eigenvalue weighted by molar-refractivity contribution is -0.117. The molecule has 0 spiro atoms. The monoisotopic (exact) mass is 354 g/mol. The van der Waals surface area contributed by atoms with Crippen LogP contribution in [-0.2, 0) is 14.8 Å². The molecule has 3 rings (SSSR count). The lowest BCUT2D eigenvalue weighted by Crippen LogP contribution is -2.26. The van der Waals surface area contributed by atoms with Gasteiger partial charge in [-0.3, -0.25) is 14.4 Å². The molecule has 23 heavy (non-hydrogen) atoms. The van der Waals surface area contributed by atoms with Crippen molar-refractivity contribution in [3.8, 4) is 0 Å². The van der Waals surface area contributed by atoms with E-state index in [9.17, 15) is 17.6 Å². The Bertz CT molecular complexity index is 886. The highest BCUT2D eigenvalue weighted by atomic mass is 35.5. The first-order chi connectivity index (χ1) is 10.9. The van der Waals surface area contributed by atoms with E-state index in [2.05, 4.69) is 4.72 Å². The van der Waals surface area contributed by atoms with Gasteiger partial charge in [-0.15, -0.1) is 11.6 Å². The van der Waals surface area contributed by atoms with E-state index in [4.69, 9.17) is 11.6 Å². The van der Waals surface area contributed by atoms with Crippen LogP contribution in [0.1, 0.15) is 6.42 Å². The smallest absolute Gasteiger partial charge is 0.264 e. The van der Waals surface area contributed by atoms with E-state index in [0.717, 1.165) is 12.1 Å². The molecule has 8 heteroatoms. The Kier molecular flexibility index (Phi) is 3.99. The molecule has 5 nitrogen and oxygen atoms in total. The van der Waals surface area contributed by atoms with Gasteiger partial charge < -0.3 is 0 Å². The minimum Gasteiger partial charge on any atom is -0.278 e. The van der Waals surface area contributed by atoms with E-state index in [0.29, 0.717) is 5.69 Å². The number of fused-ring (bicyclic) bond motifs is 2. The van der Waals surface area contributed by atoms with Crippen LogP contribution in [0.3, 0.4) is 0 Å². The molecule has 0 saturated heterocycles. The number of alkyl halides is 1. The van der Waals surface area contributed by atoms with Crippen molar-refractivity contribution in [2.24, 2.45) is 0 Å². The van der Waals surface area contributed by atoms with Crippen LogP contribution in [0, 0.1) is 5.82 Å². The maximum Gasteiger partial charge on any atom is 0.264 e. The van der Waals surface area contributed by atoms with Crippen molar-refractivity contribution in [2.75, 3.05) is 15.5 Å². The predicted octanol–water partition coefficient (Wildman–Crippen LogP) is 3.23. The number of nitrogens with one attached hydrogen (secondary N) is 1. The number of rotatable bonds is 2. The van der Waals surface area contributed by atoms with Gasteiger partial charge in [-0.25, -0.2) is 12.8 Å². The van der Waals surface area contributed by atoms with Gasteiger partial charge in [0, 0.05) is 12.3 Å². The SMILES string of the molecule is O=C(CCCl)N1c2ccccc2NS(=O)(=O)c2cc(F)ccc21. The van der Waals surface area contributed by atoms with Crippen molar-refractivity contribution < 1.29 is 17.6 Å². The molecule has 0 bridgehead atoms. The maximum atomic E-state index is 13.6. The van der Waals surface area contributed by atoms with Crippen LogP contribution in [0.25, 0.3) is 0 Å². The minimum atomic E-state index is -4.01. The highest BCUT2D eigenvalue weighted by Gasteiger charge is 2.32. The first kappa shape index (κ1) is 15.8. The van der Waals surface area contributed by atoms with E-state index in [1.165, 1.54) is 17.0 Å². The van der Waals surface area contributed by atoms with Gasteiger partial charge in [0.05, 0.1) is 17.1 Å². The summed E-state index contributed by atoms with van der Waals surface area (Å²) in [6.45, 7) is 0. The topological polar surface area (TPSA) is 66.5 Å². The summed E-state index contributed by atoms with van der Waals surface area (Å²) >= 11 is 5.65. The molecule has 0 saturated carbocycles. The Balaban J connectivity index is 2.33. The van der Waals surface area contributed by atoms with Gasteiger partial charge in [-0.1, -0.05) is 12.1 Å². The number of sulfonamides is 1. The van der Waals surface area contributed by atoms with Crippen LogP contribution in [0.4, 0.5) is 21.5 Å². The maximum absolute atomic E-state index is 13.6. The van der Waals surface area contributed by atoms with Crippen LogP contribution >= 0.6 is 11.6 Å². The molecule has 0 atom stereocenters. The zero-order chi connectivity index (χ0) is 16.6. The summed E-state index contributed by atoms with van der Waals surface area (Å²) in [6, 6.07) is 9.76. The lowest BCUT2D eigenvalue weighted by Gasteiger charge is -2.23.